The van der Waals surface area contributed by atoms with E-state index in [1.807, 2.05) is 0 Å². The molecule has 2 aliphatic rings. The number of hydrogen-bond acceptors (Lipinski definition) is 3. The molecule has 2 amide bonds. The maximum Gasteiger partial charge on any atom is 0.239 e. The predicted octanol–water partition coefficient (Wildman–Crippen LogP) is -0.525. The standard InChI is InChI=1S/C11H19N3O2/c1-14(7-10(15)13-8-4-5-8)11(16)9-3-2-6-12-9/h8-9,12H,2-7H2,1H3,(H,13,15)/t9-/m0/s1. The summed E-state index contributed by atoms with van der Waals surface area (Å²) in [4.78, 5) is 24.9. The molecule has 0 aromatic rings. The molecule has 2 fully saturated rings. The van der Waals surface area contributed by atoms with Crippen molar-refractivity contribution in [2.45, 2.75) is 37.8 Å². The first kappa shape index (κ1) is 11.4. The van der Waals surface area contributed by atoms with Gasteiger partial charge in [0.1, 0.15) is 0 Å². The van der Waals surface area contributed by atoms with Gasteiger partial charge >= 0.3 is 0 Å². The SMILES string of the molecule is CN(CC(=O)NC1CC1)C(=O)[C@@H]1CCCN1. The molecule has 1 atom stereocenters. The third-order valence-corrected chi connectivity index (χ3v) is 3.06. The maximum atomic E-state index is 11.9. The molecule has 0 radical (unpaired) electrons. The van der Waals surface area contributed by atoms with Crippen LogP contribution in [0.5, 0.6) is 0 Å². The van der Waals surface area contributed by atoms with Crippen LogP contribution in [0.4, 0.5) is 0 Å². The molecule has 1 aliphatic carbocycles. The van der Waals surface area contributed by atoms with Gasteiger partial charge in [0.2, 0.25) is 11.8 Å². The summed E-state index contributed by atoms with van der Waals surface area (Å²) >= 11 is 0. The fourth-order valence-corrected chi connectivity index (χ4v) is 1.96. The van der Waals surface area contributed by atoms with Crippen molar-refractivity contribution in [3.63, 3.8) is 0 Å². The van der Waals surface area contributed by atoms with Gasteiger partial charge in [0.05, 0.1) is 12.6 Å². The van der Waals surface area contributed by atoms with E-state index in [0.717, 1.165) is 32.2 Å². The van der Waals surface area contributed by atoms with Crippen molar-refractivity contribution in [1.82, 2.24) is 15.5 Å². The molecule has 0 unspecified atom stereocenters. The summed E-state index contributed by atoms with van der Waals surface area (Å²) in [5.41, 5.74) is 0. The molecular weight excluding hydrogens is 206 g/mol. The third-order valence-electron chi connectivity index (χ3n) is 3.06. The molecule has 2 N–H and O–H groups in total. The van der Waals surface area contributed by atoms with Gasteiger partial charge in [-0.3, -0.25) is 9.59 Å². The number of rotatable bonds is 4. The molecule has 0 aromatic heterocycles. The lowest BCUT2D eigenvalue weighted by atomic mass is 10.2. The predicted molar refractivity (Wildman–Crippen MR) is 59.8 cm³/mol. The van der Waals surface area contributed by atoms with Crippen molar-refractivity contribution in [3.05, 3.63) is 0 Å². The second-order valence-electron chi connectivity index (χ2n) is 4.69. The molecule has 0 aromatic carbocycles. The van der Waals surface area contributed by atoms with E-state index in [2.05, 4.69) is 10.6 Å². The van der Waals surface area contributed by atoms with Gasteiger partial charge in [-0.15, -0.1) is 0 Å². The lowest BCUT2D eigenvalue weighted by Gasteiger charge is -2.20. The van der Waals surface area contributed by atoms with Crippen LogP contribution in [0.15, 0.2) is 0 Å². The Morgan fingerprint density at radius 3 is 2.69 bits per heavy atom. The number of carbonyl (C=O) groups is 2. The van der Waals surface area contributed by atoms with Crippen molar-refractivity contribution in [2.24, 2.45) is 0 Å². The molecule has 2 rings (SSSR count). The van der Waals surface area contributed by atoms with E-state index in [1.54, 1.807) is 7.05 Å². The highest BCUT2D eigenvalue weighted by Crippen LogP contribution is 2.18. The van der Waals surface area contributed by atoms with Gasteiger partial charge in [0.15, 0.2) is 0 Å². The van der Waals surface area contributed by atoms with Crippen molar-refractivity contribution in [1.29, 1.82) is 0 Å². The second-order valence-corrected chi connectivity index (χ2v) is 4.69. The van der Waals surface area contributed by atoms with Gasteiger partial charge in [-0.25, -0.2) is 0 Å². The topological polar surface area (TPSA) is 61.4 Å². The van der Waals surface area contributed by atoms with Crippen LogP contribution in [0.2, 0.25) is 0 Å². The van der Waals surface area contributed by atoms with Crippen molar-refractivity contribution in [2.75, 3.05) is 20.1 Å². The van der Waals surface area contributed by atoms with Crippen LogP contribution in [0.25, 0.3) is 0 Å². The summed E-state index contributed by atoms with van der Waals surface area (Å²) < 4.78 is 0. The molecular formula is C11H19N3O2. The van der Waals surface area contributed by atoms with Gasteiger partial charge in [-0.05, 0) is 32.2 Å². The second kappa shape index (κ2) is 4.82. The molecule has 1 aliphatic heterocycles. The maximum absolute atomic E-state index is 11.9. The van der Waals surface area contributed by atoms with E-state index in [0.29, 0.717) is 6.04 Å². The fraction of sp³-hybridized carbons (Fsp3) is 0.818. The van der Waals surface area contributed by atoms with Crippen molar-refractivity contribution >= 4 is 11.8 Å². The van der Waals surface area contributed by atoms with Crippen LogP contribution in [-0.2, 0) is 9.59 Å². The smallest absolute Gasteiger partial charge is 0.239 e. The minimum Gasteiger partial charge on any atom is -0.352 e. The van der Waals surface area contributed by atoms with Crippen LogP contribution in [-0.4, -0.2) is 48.9 Å². The van der Waals surface area contributed by atoms with E-state index in [9.17, 15) is 9.59 Å². The van der Waals surface area contributed by atoms with E-state index in [1.165, 1.54) is 4.90 Å². The van der Waals surface area contributed by atoms with Crippen molar-refractivity contribution < 1.29 is 9.59 Å². The molecule has 16 heavy (non-hydrogen) atoms. The van der Waals surface area contributed by atoms with Crippen LogP contribution in [0.1, 0.15) is 25.7 Å². The third kappa shape index (κ3) is 2.95. The number of carbonyl (C=O) groups excluding carboxylic acids is 2. The van der Waals surface area contributed by atoms with E-state index in [-0.39, 0.29) is 24.4 Å². The highest BCUT2D eigenvalue weighted by molar-refractivity contribution is 5.87. The highest BCUT2D eigenvalue weighted by atomic mass is 16.2. The molecule has 90 valence electrons. The molecule has 1 heterocycles. The van der Waals surface area contributed by atoms with E-state index < -0.39 is 0 Å². The molecule has 5 nitrogen and oxygen atoms in total. The zero-order chi connectivity index (χ0) is 11.5. The Balaban J connectivity index is 1.74. The van der Waals surface area contributed by atoms with Crippen LogP contribution in [0.3, 0.4) is 0 Å². The van der Waals surface area contributed by atoms with Gasteiger partial charge in [0, 0.05) is 13.1 Å². The molecule has 0 bridgehead atoms. The summed E-state index contributed by atoms with van der Waals surface area (Å²) in [5, 5.41) is 6.02. The van der Waals surface area contributed by atoms with Crippen LogP contribution in [0, 0.1) is 0 Å². The Morgan fingerprint density at radius 1 is 1.38 bits per heavy atom. The summed E-state index contributed by atoms with van der Waals surface area (Å²) in [6, 6.07) is 0.277. The Morgan fingerprint density at radius 2 is 2.12 bits per heavy atom. The average Bonchev–Trinajstić information content (AvgIpc) is 2.89. The monoisotopic (exact) mass is 225 g/mol. The largest absolute Gasteiger partial charge is 0.352 e. The van der Waals surface area contributed by atoms with Crippen molar-refractivity contribution in [3.8, 4) is 0 Å². The normalized spacial score (nSPS) is 24.2. The number of hydrogen-bond donors (Lipinski definition) is 2. The zero-order valence-corrected chi connectivity index (χ0v) is 9.66. The molecule has 5 heteroatoms. The van der Waals surface area contributed by atoms with Gasteiger partial charge in [-0.2, -0.15) is 0 Å². The highest BCUT2D eigenvalue weighted by Gasteiger charge is 2.27. The Hall–Kier alpha value is -1.10. The summed E-state index contributed by atoms with van der Waals surface area (Å²) in [6.07, 6.45) is 4.08. The summed E-state index contributed by atoms with van der Waals surface area (Å²) in [7, 11) is 1.69. The Bertz CT molecular complexity index is 283. The van der Waals surface area contributed by atoms with Gasteiger partial charge in [0.25, 0.3) is 0 Å². The van der Waals surface area contributed by atoms with E-state index in [4.69, 9.17) is 0 Å². The minimum atomic E-state index is -0.0845. The number of amides is 2. The number of nitrogens with one attached hydrogen (secondary N) is 2. The number of likely N-dealkylation sites (N-methyl/N-ethyl adjacent to an activating group) is 1. The first-order chi connectivity index (χ1) is 7.66. The van der Waals surface area contributed by atoms with E-state index >= 15 is 0 Å². The van der Waals surface area contributed by atoms with Crippen LogP contribution < -0.4 is 10.6 Å². The lowest BCUT2D eigenvalue weighted by Crippen LogP contribution is -2.46. The van der Waals surface area contributed by atoms with Crippen LogP contribution >= 0.6 is 0 Å². The number of nitrogens with zero attached hydrogens (tertiary/aromatic N) is 1. The fourth-order valence-electron chi connectivity index (χ4n) is 1.96. The first-order valence-electron chi connectivity index (χ1n) is 5.94. The Kier molecular flexibility index (Phi) is 3.43. The lowest BCUT2D eigenvalue weighted by molar-refractivity contribution is -0.136. The molecule has 1 saturated heterocycles. The first-order valence-corrected chi connectivity index (χ1v) is 5.94. The summed E-state index contributed by atoms with van der Waals surface area (Å²) in [5.74, 6) is -0.0141. The molecule has 1 saturated carbocycles. The Labute approximate surface area is 95.6 Å². The summed E-state index contributed by atoms with van der Waals surface area (Å²) in [6.45, 7) is 1.08. The minimum absolute atomic E-state index is 0.0310. The van der Waals surface area contributed by atoms with Gasteiger partial charge in [-0.1, -0.05) is 0 Å². The van der Waals surface area contributed by atoms with Gasteiger partial charge < -0.3 is 15.5 Å². The molecule has 0 spiro atoms. The quantitative estimate of drug-likeness (QED) is 0.676. The zero-order valence-electron chi connectivity index (χ0n) is 9.66. The average molecular weight is 225 g/mol.